The molecule has 2 amide bonds. The number of rotatable bonds is 4. The summed E-state index contributed by atoms with van der Waals surface area (Å²) < 4.78 is 10.3. The topological polar surface area (TPSA) is 84.9 Å². The largest absolute Gasteiger partial charge is 0.497 e. The molecule has 1 atom stereocenters. The number of ether oxygens (including phenoxy) is 2. The van der Waals surface area contributed by atoms with Crippen LogP contribution in [0, 0.1) is 0 Å². The lowest BCUT2D eigenvalue weighted by Crippen LogP contribution is -2.50. The van der Waals surface area contributed by atoms with E-state index in [0.717, 1.165) is 0 Å². The Morgan fingerprint density at radius 1 is 1.15 bits per heavy atom. The maximum atomic E-state index is 12.4. The third-order valence-electron chi connectivity index (χ3n) is 4.01. The van der Waals surface area contributed by atoms with Crippen LogP contribution in [0.3, 0.4) is 0 Å². The Hall–Kier alpha value is -3.35. The molecule has 0 aliphatic carbocycles. The van der Waals surface area contributed by atoms with Crippen LogP contribution in [0.1, 0.15) is 13.3 Å². The SMILES string of the molecule is COc1ccc(NC(=O)C[C@@H]2C(=O)Oc3ccccc3N2C(C)=O)cc1. The second-order valence-electron chi connectivity index (χ2n) is 5.77. The van der Waals surface area contributed by atoms with E-state index in [-0.39, 0.29) is 12.3 Å². The number of benzene rings is 2. The molecule has 2 aromatic carbocycles. The zero-order valence-corrected chi connectivity index (χ0v) is 14.4. The van der Waals surface area contributed by atoms with Crippen LogP contribution in [0.4, 0.5) is 11.4 Å². The molecule has 0 radical (unpaired) electrons. The first-order valence-corrected chi connectivity index (χ1v) is 8.04. The molecule has 134 valence electrons. The number of amides is 2. The second-order valence-corrected chi connectivity index (χ2v) is 5.77. The van der Waals surface area contributed by atoms with E-state index in [1.54, 1.807) is 55.6 Å². The molecule has 1 aliphatic rings. The lowest BCUT2D eigenvalue weighted by molar-refractivity contribution is -0.140. The average molecular weight is 354 g/mol. The molecule has 3 rings (SSSR count). The van der Waals surface area contributed by atoms with Crippen molar-refractivity contribution >= 4 is 29.2 Å². The van der Waals surface area contributed by atoms with Gasteiger partial charge < -0.3 is 14.8 Å². The Bertz CT molecular complexity index is 847. The fourth-order valence-corrected chi connectivity index (χ4v) is 2.82. The van der Waals surface area contributed by atoms with Gasteiger partial charge in [0.05, 0.1) is 19.2 Å². The Kier molecular flexibility index (Phi) is 4.88. The third-order valence-corrected chi connectivity index (χ3v) is 4.01. The van der Waals surface area contributed by atoms with Crippen LogP contribution in [0.2, 0.25) is 0 Å². The second kappa shape index (κ2) is 7.26. The smallest absolute Gasteiger partial charge is 0.335 e. The normalized spacial score (nSPS) is 15.7. The van der Waals surface area contributed by atoms with E-state index in [2.05, 4.69) is 5.32 Å². The molecule has 0 aromatic heterocycles. The zero-order chi connectivity index (χ0) is 18.7. The maximum Gasteiger partial charge on any atom is 0.335 e. The highest BCUT2D eigenvalue weighted by atomic mass is 16.5. The van der Waals surface area contributed by atoms with Crippen LogP contribution in [-0.2, 0) is 14.4 Å². The summed E-state index contributed by atoms with van der Waals surface area (Å²) in [6.07, 6.45) is -0.210. The molecule has 0 saturated carbocycles. The monoisotopic (exact) mass is 354 g/mol. The summed E-state index contributed by atoms with van der Waals surface area (Å²) in [5.41, 5.74) is 1.04. The molecule has 0 bridgehead atoms. The summed E-state index contributed by atoms with van der Waals surface area (Å²) in [5.74, 6) is -0.402. The highest BCUT2D eigenvalue weighted by Crippen LogP contribution is 2.35. The van der Waals surface area contributed by atoms with Crippen LogP contribution in [0.15, 0.2) is 48.5 Å². The summed E-state index contributed by atoms with van der Waals surface area (Å²) in [6, 6.07) is 12.5. The number of methoxy groups -OCH3 is 1. The zero-order valence-electron chi connectivity index (χ0n) is 14.4. The number of fused-ring (bicyclic) bond motifs is 1. The van der Waals surface area contributed by atoms with Gasteiger partial charge in [0.1, 0.15) is 11.8 Å². The number of para-hydroxylation sites is 2. The Balaban J connectivity index is 1.77. The van der Waals surface area contributed by atoms with Crippen molar-refractivity contribution in [3.05, 3.63) is 48.5 Å². The quantitative estimate of drug-likeness (QED) is 0.673. The van der Waals surface area contributed by atoms with Gasteiger partial charge in [-0.15, -0.1) is 0 Å². The predicted octanol–water partition coefficient (Wildman–Crippen LogP) is 2.36. The number of hydrogen-bond donors (Lipinski definition) is 1. The van der Waals surface area contributed by atoms with Gasteiger partial charge in [0.15, 0.2) is 5.75 Å². The van der Waals surface area contributed by atoms with Crippen molar-refractivity contribution in [2.24, 2.45) is 0 Å². The fourth-order valence-electron chi connectivity index (χ4n) is 2.82. The van der Waals surface area contributed by atoms with Crippen molar-refractivity contribution in [2.75, 3.05) is 17.3 Å². The molecule has 2 aromatic rings. The molecule has 1 N–H and O–H groups in total. The van der Waals surface area contributed by atoms with E-state index in [9.17, 15) is 14.4 Å². The van der Waals surface area contributed by atoms with E-state index in [1.165, 1.54) is 11.8 Å². The molecule has 0 fully saturated rings. The average Bonchev–Trinajstić information content (AvgIpc) is 2.62. The van der Waals surface area contributed by atoms with Gasteiger partial charge in [-0.2, -0.15) is 0 Å². The number of anilines is 2. The summed E-state index contributed by atoms with van der Waals surface area (Å²) in [4.78, 5) is 38.1. The number of esters is 1. The van der Waals surface area contributed by atoms with E-state index < -0.39 is 17.9 Å². The fraction of sp³-hybridized carbons (Fsp3) is 0.211. The molecule has 7 heteroatoms. The molecule has 0 saturated heterocycles. The summed E-state index contributed by atoms with van der Waals surface area (Å²) in [5, 5.41) is 2.70. The van der Waals surface area contributed by atoms with Crippen molar-refractivity contribution in [1.82, 2.24) is 0 Å². The van der Waals surface area contributed by atoms with Crippen molar-refractivity contribution in [3.63, 3.8) is 0 Å². The van der Waals surface area contributed by atoms with Gasteiger partial charge in [-0.05, 0) is 36.4 Å². The number of hydrogen-bond acceptors (Lipinski definition) is 5. The Morgan fingerprint density at radius 2 is 1.85 bits per heavy atom. The maximum absolute atomic E-state index is 12.4. The van der Waals surface area contributed by atoms with Crippen LogP contribution in [-0.4, -0.2) is 30.9 Å². The molecule has 0 spiro atoms. The van der Waals surface area contributed by atoms with Gasteiger partial charge in [-0.1, -0.05) is 12.1 Å². The number of carbonyl (C=O) groups excluding carboxylic acids is 3. The van der Waals surface area contributed by atoms with Crippen LogP contribution in [0.5, 0.6) is 11.5 Å². The first-order valence-electron chi connectivity index (χ1n) is 8.04. The van der Waals surface area contributed by atoms with Gasteiger partial charge in [0.2, 0.25) is 11.8 Å². The van der Waals surface area contributed by atoms with Crippen molar-refractivity contribution in [2.45, 2.75) is 19.4 Å². The van der Waals surface area contributed by atoms with Crippen molar-refractivity contribution in [3.8, 4) is 11.5 Å². The summed E-state index contributed by atoms with van der Waals surface area (Å²) >= 11 is 0. The van der Waals surface area contributed by atoms with Gasteiger partial charge in [0, 0.05) is 12.6 Å². The van der Waals surface area contributed by atoms with Crippen LogP contribution in [0.25, 0.3) is 0 Å². The van der Waals surface area contributed by atoms with Crippen LogP contribution < -0.4 is 19.7 Å². The van der Waals surface area contributed by atoms with E-state index in [1.807, 2.05) is 0 Å². The molecule has 7 nitrogen and oxygen atoms in total. The molecule has 26 heavy (non-hydrogen) atoms. The first-order chi connectivity index (χ1) is 12.5. The lowest BCUT2D eigenvalue weighted by Gasteiger charge is -2.34. The highest BCUT2D eigenvalue weighted by Gasteiger charge is 2.38. The predicted molar refractivity (Wildman–Crippen MR) is 95.3 cm³/mol. The summed E-state index contributed by atoms with van der Waals surface area (Å²) in [7, 11) is 1.55. The number of nitrogens with zero attached hydrogens (tertiary/aromatic N) is 1. The lowest BCUT2D eigenvalue weighted by atomic mass is 10.1. The van der Waals surface area contributed by atoms with Gasteiger partial charge in [-0.25, -0.2) is 4.79 Å². The van der Waals surface area contributed by atoms with E-state index >= 15 is 0 Å². The minimum Gasteiger partial charge on any atom is -0.497 e. The summed E-state index contributed by atoms with van der Waals surface area (Å²) in [6.45, 7) is 1.35. The molecule has 0 unspecified atom stereocenters. The molecular weight excluding hydrogens is 336 g/mol. The van der Waals surface area contributed by atoms with Crippen molar-refractivity contribution in [1.29, 1.82) is 0 Å². The standard InChI is InChI=1S/C19H18N2O5/c1-12(22)21-15-5-3-4-6-17(15)26-19(24)16(21)11-18(23)20-13-7-9-14(25-2)10-8-13/h3-10,16H,11H2,1-2H3,(H,20,23)/t16-/m1/s1. The number of nitrogens with one attached hydrogen (secondary N) is 1. The van der Waals surface area contributed by atoms with Crippen LogP contribution >= 0.6 is 0 Å². The third kappa shape index (κ3) is 3.51. The molecule has 1 heterocycles. The van der Waals surface area contributed by atoms with Gasteiger partial charge in [0.25, 0.3) is 0 Å². The Morgan fingerprint density at radius 3 is 2.50 bits per heavy atom. The van der Waals surface area contributed by atoms with Gasteiger partial charge in [-0.3, -0.25) is 14.5 Å². The van der Waals surface area contributed by atoms with E-state index in [0.29, 0.717) is 22.9 Å². The van der Waals surface area contributed by atoms with E-state index in [4.69, 9.17) is 9.47 Å². The van der Waals surface area contributed by atoms with Gasteiger partial charge >= 0.3 is 5.97 Å². The minimum absolute atomic E-state index is 0.210. The molecular formula is C19H18N2O5. The minimum atomic E-state index is -1.01. The first kappa shape index (κ1) is 17.5. The molecule has 1 aliphatic heterocycles. The van der Waals surface area contributed by atoms with Crippen molar-refractivity contribution < 1.29 is 23.9 Å². The Labute approximate surface area is 150 Å². The highest BCUT2D eigenvalue weighted by molar-refractivity contribution is 6.05. The number of carbonyl (C=O) groups is 3.